The second-order valence-corrected chi connectivity index (χ2v) is 7.54. The van der Waals surface area contributed by atoms with E-state index < -0.39 is 12.0 Å². The highest BCUT2D eigenvalue weighted by Gasteiger charge is 2.50. The van der Waals surface area contributed by atoms with E-state index in [0.29, 0.717) is 28.7 Å². The quantitative estimate of drug-likeness (QED) is 0.524. The van der Waals surface area contributed by atoms with Crippen molar-refractivity contribution in [1.82, 2.24) is 0 Å². The lowest BCUT2D eigenvalue weighted by molar-refractivity contribution is -0.126. The normalized spacial score (nSPS) is 17.3. The molecule has 2 N–H and O–H groups in total. The first-order valence-corrected chi connectivity index (χ1v) is 10.2. The molecule has 172 valence electrons. The van der Waals surface area contributed by atoms with E-state index in [0.717, 1.165) is 11.1 Å². The minimum absolute atomic E-state index is 0.0244. The van der Waals surface area contributed by atoms with Crippen LogP contribution in [0.3, 0.4) is 0 Å². The van der Waals surface area contributed by atoms with Crippen molar-refractivity contribution in [2.75, 3.05) is 33.3 Å². The van der Waals surface area contributed by atoms with E-state index in [4.69, 9.17) is 18.9 Å². The van der Waals surface area contributed by atoms with E-state index in [9.17, 15) is 15.0 Å². The van der Waals surface area contributed by atoms with Gasteiger partial charge < -0.3 is 34.1 Å². The minimum Gasteiger partial charge on any atom is -0.508 e. The Kier molecular flexibility index (Phi) is 5.91. The summed E-state index contributed by atoms with van der Waals surface area (Å²) in [5, 5.41) is 20.1. The summed E-state index contributed by atoms with van der Waals surface area (Å²) < 4.78 is 21.5. The molecule has 0 saturated carbocycles. The number of amides is 1. The van der Waals surface area contributed by atoms with Gasteiger partial charge in [-0.2, -0.15) is 0 Å². The van der Waals surface area contributed by atoms with E-state index in [1.54, 1.807) is 53.4 Å². The molecule has 0 radical (unpaired) electrons. The molecule has 1 amide bonds. The number of aromatic hydroxyl groups is 2. The maximum atomic E-state index is 13.5. The Labute approximate surface area is 191 Å². The fourth-order valence-electron chi connectivity index (χ4n) is 4.22. The molecule has 33 heavy (non-hydrogen) atoms. The summed E-state index contributed by atoms with van der Waals surface area (Å²) in [6.45, 7) is 0. The number of hydrogen-bond donors (Lipinski definition) is 2. The summed E-state index contributed by atoms with van der Waals surface area (Å²) >= 11 is 0. The highest BCUT2D eigenvalue weighted by molar-refractivity contribution is 6.07. The van der Waals surface area contributed by atoms with Gasteiger partial charge in [-0.25, -0.2) is 0 Å². The summed E-state index contributed by atoms with van der Waals surface area (Å²) in [7, 11) is 6.01. The van der Waals surface area contributed by atoms with Crippen LogP contribution in [0.25, 0.3) is 0 Å². The number of phenolic OH excluding ortho intramolecular Hbond substituents is 2. The van der Waals surface area contributed by atoms with Gasteiger partial charge in [-0.3, -0.25) is 4.79 Å². The summed E-state index contributed by atoms with van der Waals surface area (Å²) in [6.07, 6.45) is 0. The molecule has 1 heterocycles. The van der Waals surface area contributed by atoms with Crippen LogP contribution in [0.1, 0.15) is 23.1 Å². The Bertz CT molecular complexity index is 1150. The third-order valence-electron chi connectivity index (χ3n) is 5.82. The average molecular weight is 451 g/mol. The number of carbonyl (C=O) groups is 1. The molecule has 3 aromatic carbocycles. The summed E-state index contributed by atoms with van der Waals surface area (Å²) in [4.78, 5) is 15.1. The lowest BCUT2D eigenvalue weighted by Crippen LogP contribution is -2.53. The van der Waals surface area contributed by atoms with Crippen LogP contribution in [0.5, 0.6) is 34.5 Å². The molecule has 8 nitrogen and oxygen atoms in total. The van der Waals surface area contributed by atoms with Gasteiger partial charge in [-0.05, 0) is 35.4 Å². The molecule has 1 fully saturated rings. The van der Waals surface area contributed by atoms with Crippen molar-refractivity contribution in [2.24, 2.45) is 0 Å². The van der Waals surface area contributed by atoms with Gasteiger partial charge in [0.05, 0.1) is 46.1 Å². The third kappa shape index (κ3) is 3.73. The number of phenols is 2. The lowest BCUT2D eigenvalue weighted by atomic mass is 9.77. The van der Waals surface area contributed by atoms with E-state index in [1.807, 2.05) is 6.07 Å². The lowest BCUT2D eigenvalue weighted by Gasteiger charge is -2.48. The number of rotatable bonds is 7. The predicted molar refractivity (Wildman–Crippen MR) is 122 cm³/mol. The van der Waals surface area contributed by atoms with Crippen molar-refractivity contribution in [3.8, 4) is 34.5 Å². The topological polar surface area (TPSA) is 97.7 Å². The maximum absolute atomic E-state index is 13.5. The first-order chi connectivity index (χ1) is 15.9. The standard InChI is InChI=1S/C25H25NO7/c1-30-19-10-7-15(11-18(19)28)23-22(14-5-8-17(27)9-6-14)25(29)26(23)16-12-20(31-2)24(33-4)21(13-16)32-3/h5-13,22-23,27-28H,1-4H3/t22-,23-/m0/s1. The molecule has 0 bridgehead atoms. The van der Waals surface area contributed by atoms with Crippen molar-refractivity contribution in [3.63, 3.8) is 0 Å². The maximum Gasteiger partial charge on any atom is 0.237 e. The van der Waals surface area contributed by atoms with E-state index in [-0.39, 0.29) is 17.4 Å². The largest absolute Gasteiger partial charge is 0.508 e. The van der Waals surface area contributed by atoms with E-state index in [1.165, 1.54) is 28.4 Å². The van der Waals surface area contributed by atoms with Crippen LogP contribution >= 0.6 is 0 Å². The van der Waals surface area contributed by atoms with Crippen molar-refractivity contribution in [1.29, 1.82) is 0 Å². The zero-order valence-corrected chi connectivity index (χ0v) is 18.7. The van der Waals surface area contributed by atoms with Crippen molar-refractivity contribution in [2.45, 2.75) is 12.0 Å². The fourth-order valence-corrected chi connectivity index (χ4v) is 4.22. The smallest absolute Gasteiger partial charge is 0.237 e. The van der Waals surface area contributed by atoms with Crippen molar-refractivity contribution < 1.29 is 34.0 Å². The molecule has 0 aromatic heterocycles. The minimum atomic E-state index is -0.516. The average Bonchev–Trinajstić information content (AvgIpc) is 2.82. The van der Waals surface area contributed by atoms with Gasteiger partial charge in [0.25, 0.3) is 0 Å². The zero-order chi connectivity index (χ0) is 23.7. The van der Waals surface area contributed by atoms with Crippen LogP contribution in [0.2, 0.25) is 0 Å². The van der Waals surface area contributed by atoms with Gasteiger partial charge in [0.2, 0.25) is 11.7 Å². The highest BCUT2D eigenvalue weighted by Crippen LogP contribution is 2.52. The molecule has 0 spiro atoms. The van der Waals surface area contributed by atoms with Crippen LogP contribution in [0.15, 0.2) is 54.6 Å². The molecule has 2 atom stereocenters. The second kappa shape index (κ2) is 8.82. The van der Waals surface area contributed by atoms with Gasteiger partial charge in [-0.1, -0.05) is 18.2 Å². The number of β-lactam (4-membered cyclic amide) rings is 1. The second-order valence-electron chi connectivity index (χ2n) is 7.54. The van der Waals surface area contributed by atoms with E-state index >= 15 is 0 Å². The summed E-state index contributed by atoms with van der Waals surface area (Å²) in [6, 6.07) is 14.6. The molecule has 0 aliphatic carbocycles. The molecule has 3 aromatic rings. The number of hydrogen-bond acceptors (Lipinski definition) is 7. The van der Waals surface area contributed by atoms with Gasteiger partial charge in [-0.15, -0.1) is 0 Å². The number of nitrogens with zero attached hydrogens (tertiary/aromatic N) is 1. The third-order valence-corrected chi connectivity index (χ3v) is 5.82. The molecule has 8 heteroatoms. The summed E-state index contributed by atoms with van der Waals surface area (Å²) in [5.41, 5.74) is 2.03. The van der Waals surface area contributed by atoms with Gasteiger partial charge in [0, 0.05) is 12.1 Å². The van der Waals surface area contributed by atoms with Crippen LogP contribution < -0.4 is 23.8 Å². The van der Waals surface area contributed by atoms with Crippen LogP contribution in [-0.4, -0.2) is 44.6 Å². The first-order valence-electron chi connectivity index (χ1n) is 10.2. The molecular formula is C25H25NO7. The SMILES string of the molecule is COc1ccc([C@H]2[C@H](c3ccc(O)cc3)C(=O)N2c2cc(OC)c(OC)c(OC)c2)cc1O. The van der Waals surface area contributed by atoms with Gasteiger partial charge >= 0.3 is 0 Å². The number of benzene rings is 3. The molecular weight excluding hydrogens is 426 g/mol. The Hall–Kier alpha value is -4.07. The highest BCUT2D eigenvalue weighted by atomic mass is 16.5. The van der Waals surface area contributed by atoms with E-state index in [2.05, 4.69) is 0 Å². The number of carbonyl (C=O) groups excluding carboxylic acids is 1. The monoisotopic (exact) mass is 451 g/mol. The van der Waals surface area contributed by atoms with Crippen LogP contribution in [0.4, 0.5) is 5.69 Å². The summed E-state index contributed by atoms with van der Waals surface area (Å²) in [5.74, 6) is 1.03. The number of ether oxygens (including phenoxy) is 4. The van der Waals surface area contributed by atoms with Crippen LogP contribution in [0, 0.1) is 0 Å². The van der Waals surface area contributed by atoms with Gasteiger partial charge in [0.1, 0.15) is 5.75 Å². The van der Waals surface area contributed by atoms with Crippen molar-refractivity contribution >= 4 is 11.6 Å². The zero-order valence-electron chi connectivity index (χ0n) is 18.7. The Morgan fingerprint density at radius 3 is 1.82 bits per heavy atom. The first kappa shape index (κ1) is 22.1. The predicted octanol–water partition coefficient (Wildman–Crippen LogP) is 4.00. The van der Waals surface area contributed by atoms with Crippen LogP contribution in [-0.2, 0) is 4.79 Å². The molecule has 1 aliphatic heterocycles. The van der Waals surface area contributed by atoms with Gasteiger partial charge in [0.15, 0.2) is 23.0 Å². The Morgan fingerprint density at radius 2 is 1.30 bits per heavy atom. The van der Waals surface area contributed by atoms with Crippen molar-refractivity contribution in [3.05, 3.63) is 65.7 Å². The molecule has 1 saturated heterocycles. The molecule has 1 aliphatic rings. The number of methoxy groups -OCH3 is 4. The molecule has 4 rings (SSSR count). The molecule has 0 unspecified atom stereocenters. The Morgan fingerprint density at radius 1 is 0.727 bits per heavy atom. The fraction of sp³-hybridized carbons (Fsp3) is 0.240. The number of anilines is 1. The Balaban J connectivity index is 1.84.